The highest BCUT2D eigenvalue weighted by atomic mass is 32.1. The number of aliphatic imine (C=N–C) groups is 2. The molecule has 0 spiro atoms. The lowest BCUT2D eigenvalue weighted by molar-refractivity contribution is 0.418. The van der Waals surface area contributed by atoms with E-state index in [-0.39, 0.29) is 17.1 Å². The third-order valence-electron chi connectivity index (χ3n) is 7.32. The Morgan fingerprint density at radius 1 is 0.711 bits per heavy atom. The van der Waals surface area contributed by atoms with Gasteiger partial charge in [-0.25, -0.2) is 10.5 Å². The van der Waals surface area contributed by atoms with Gasteiger partial charge in [-0.2, -0.15) is 0 Å². The first kappa shape index (κ1) is 29.3. The Morgan fingerprint density at radius 2 is 1.29 bits per heavy atom. The van der Waals surface area contributed by atoms with E-state index in [4.69, 9.17) is 33.1 Å². The fourth-order valence-corrected chi connectivity index (χ4v) is 13.6. The summed E-state index contributed by atoms with van der Waals surface area (Å²) in [6.07, 6.45) is 0. The first-order valence-corrected chi connectivity index (χ1v) is 17.9. The summed E-state index contributed by atoms with van der Waals surface area (Å²) in [6, 6.07) is 11.7. The molecule has 0 aromatic carbocycles. The van der Waals surface area contributed by atoms with E-state index < -0.39 is 0 Å². The summed E-state index contributed by atoms with van der Waals surface area (Å²) in [5.74, 6) is 0.944. The van der Waals surface area contributed by atoms with Crippen molar-refractivity contribution in [2.24, 2.45) is 9.98 Å². The summed E-state index contributed by atoms with van der Waals surface area (Å²) in [6.45, 7) is 18.9. The Balaban J connectivity index is 1.32. The van der Waals surface area contributed by atoms with Crippen molar-refractivity contribution in [1.82, 2.24) is 0 Å². The molecule has 6 heterocycles. The average Bonchev–Trinajstić information content (AvgIpc) is 3.87. The molecule has 0 fully saturated rings. The van der Waals surface area contributed by atoms with E-state index >= 15 is 0 Å². The minimum absolute atomic E-state index is 0.192. The molecule has 1 aliphatic carbocycles. The average molecular weight is 697 g/mol. The highest BCUT2D eigenvalue weighted by Crippen LogP contribution is 2.63. The Kier molecular flexibility index (Phi) is 7.11. The predicted octanol–water partition coefficient (Wildman–Crippen LogP) is 11.0. The van der Waals surface area contributed by atoms with Crippen molar-refractivity contribution < 1.29 is 9.47 Å². The fraction of sp³-hybridized carbons (Fsp3) is 0.161. The maximum Gasteiger partial charge on any atom is 0.350 e. The molecule has 7 rings (SSSR count). The first-order chi connectivity index (χ1) is 21.7. The molecule has 14 heteroatoms. The van der Waals surface area contributed by atoms with Gasteiger partial charge in [-0.05, 0) is 23.3 Å². The Labute approximate surface area is 281 Å². The van der Waals surface area contributed by atoms with Crippen LogP contribution in [0.5, 0.6) is 11.5 Å². The summed E-state index contributed by atoms with van der Waals surface area (Å²) in [4.78, 5) is 21.3. The van der Waals surface area contributed by atoms with Crippen LogP contribution in [0.3, 0.4) is 0 Å². The number of nitriles is 2. The van der Waals surface area contributed by atoms with Crippen LogP contribution in [0.1, 0.15) is 25.0 Å². The molecule has 0 amide bonds. The van der Waals surface area contributed by atoms with Gasteiger partial charge >= 0.3 is 11.7 Å². The van der Waals surface area contributed by atoms with Crippen molar-refractivity contribution >= 4 is 108 Å². The molecular weight excluding hydrogens is 681 g/mol. The van der Waals surface area contributed by atoms with E-state index in [0.717, 1.165) is 19.5 Å². The van der Waals surface area contributed by atoms with Gasteiger partial charge in [0, 0.05) is 32.0 Å². The molecule has 0 atom stereocenters. The van der Waals surface area contributed by atoms with E-state index in [0.29, 0.717) is 21.5 Å². The second-order valence-electron chi connectivity index (χ2n) is 10.1. The van der Waals surface area contributed by atoms with E-state index in [1.165, 1.54) is 62.4 Å². The van der Waals surface area contributed by atoms with Crippen molar-refractivity contribution in [2.45, 2.75) is 19.3 Å². The molecule has 45 heavy (non-hydrogen) atoms. The van der Waals surface area contributed by atoms with E-state index in [9.17, 15) is 0 Å². The van der Waals surface area contributed by atoms with Gasteiger partial charge in [0.05, 0.1) is 47.8 Å². The molecule has 0 radical (unpaired) electrons. The molecule has 6 aromatic heterocycles. The maximum atomic E-state index is 9.16. The molecule has 0 saturated carbocycles. The van der Waals surface area contributed by atoms with Gasteiger partial charge in [-0.3, -0.25) is 0 Å². The number of hydrogen-bond acceptors (Lipinski definition) is 12. The standard InChI is InChI=1S/C31H16N6O2S6/c1-31(2)13-7-16(25-14(38-5)8-21(43-25)36-19(11-32)34-3)40-24(13)28-23(31)29-30(45-28)27-18(42-29)10-17(41-27)26-15(39-6)9-22(44-26)37-20(12-33)35-4/h7-10H,1-2,5-6H3. The Hall–Kier alpha value is -4.38. The summed E-state index contributed by atoms with van der Waals surface area (Å²) in [5.41, 5.74) is 2.47. The highest BCUT2D eigenvalue weighted by molar-refractivity contribution is 7.41. The van der Waals surface area contributed by atoms with Crippen molar-refractivity contribution in [3.63, 3.8) is 0 Å². The predicted molar refractivity (Wildman–Crippen MR) is 189 cm³/mol. The monoisotopic (exact) mass is 696 g/mol. The third-order valence-corrected chi connectivity index (χ3v) is 14.9. The lowest BCUT2D eigenvalue weighted by Crippen LogP contribution is -2.13. The molecule has 0 N–H and O–H groups in total. The van der Waals surface area contributed by atoms with E-state index in [2.05, 4.69) is 45.7 Å². The van der Waals surface area contributed by atoms with Crippen molar-refractivity contribution in [3.05, 3.63) is 58.2 Å². The van der Waals surface area contributed by atoms with Gasteiger partial charge in [0.25, 0.3) is 0 Å². The number of thiophene rings is 6. The zero-order valence-electron chi connectivity index (χ0n) is 23.8. The van der Waals surface area contributed by atoms with Gasteiger partial charge in [-0.1, -0.05) is 59.7 Å². The third kappa shape index (κ3) is 4.50. The Morgan fingerprint density at radius 3 is 1.82 bits per heavy atom. The molecule has 0 unspecified atom stereocenters. The molecule has 218 valence electrons. The minimum Gasteiger partial charge on any atom is -0.495 e. The highest BCUT2D eigenvalue weighted by Gasteiger charge is 2.42. The van der Waals surface area contributed by atoms with Crippen molar-refractivity contribution in [1.29, 1.82) is 10.5 Å². The molecule has 0 aliphatic heterocycles. The van der Waals surface area contributed by atoms with Crippen LogP contribution in [0, 0.1) is 35.8 Å². The van der Waals surface area contributed by atoms with Crippen molar-refractivity contribution in [3.8, 4) is 52.9 Å². The molecule has 6 aromatic rings. The van der Waals surface area contributed by atoms with Gasteiger partial charge in [-0.15, -0.1) is 45.3 Å². The van der Waals surface area contributed by atoms with Crippen LogP contribution in [-0.4, -0.2) is 25.9 Å². The van der Waals surface area contributed by atoms with Gasteiger partial charge in [0.15, 0.2) is 0 Å². The van der Waals surface area contributed by atoms with E-state index in [1.807, 2.05) is 34.8 Å². The Bertz CT molecular complexity index is 2420. The summed E-state index contributed by atoms with van der Waals surface area (Å²) >= 11 is 9.95. The second-order valence-corrected chi connectivity index (χ2v) is 16.4. The smallest absolute Gasteiger partial charge is 0.350 e. The summed E-state index contributed by atoms with van der Waals surface area (Å²) in [5, 5.41) is 19.4. The number of ether oxygens (including phenoxy) is 2. The summed E-state index contributed by atoms with van der Waals surface area (Å²) < 4.78 is 16.4. The van der Waals surface area contributed by atoms with Crippen LogP contribution in [0.15, 0.2) is 34.3 Å². The lowest BCUT2D eigenvalue weighted by Gasteiger charge is -2.19. The SMILES string of the molecule is [C-]#[N+]C(C#N)=Nc1cc(OC)c(-c2cc3c(s2)-c2sc4c(sc5cc(-c6sc(N=C(C#N)[N+]#[C-])cc6OC)sc54)c2C3(C)C)s1. The number of hydrogen-bond donors (Lipinski definition) is 0. The zero-order valence-corrected chi connectivity index (χ0v) is 28.7. The van der Waals surface area contributed by atoms with Crippen LogP contribution >= 0.6 is 68.0 Å². The first-order valence-electron chi connectivity index (χ1n) is 13.0. The minimum atomic E-state index is -0.203. The van der Waals surface area contributed by atoms with Gasteiger partial charge < -0.3 is 19.2 Å². The van der Waals surface area contributed by atoms with Crippen LogP contribution in [-0.2, 0) is 5.41 Å². The lowest BCUT2D eigenvalue weighted by atomic mass is 9.84. The van der Waals surface area contributed by atoms with Crippen LogP contribution in [0.2, 0.25) is 0 Å². The second kappa shape index (κ2) is 10.9. The molecule has 0 bridgehead atoms. The number of methoxy groups -OCH3 is 2. The number of fused-ring (bicyclic) bond motifs is 7. The molecule has 0 saturated heterocycles. The largest absolute Gasteiger partial charge is 0.495 e. The fourth-order valence-electron chi connectivity index (χ4n) is 5.33. The van der Waals surface area contributed by atoms with Gasteiger partial charge in [0.2, 0.25) is 10.0 Å². The number of amidine groups is 2. The van der Waals surface area contributed by atoms with Gasteiger partial charge in [0.1, 0.15) is 23.6 Å². The molecular formula is C31H16N6O2S6. The molecule has 1 aliphatic rings. The normalized spacial score (nSPS) is 13.7. The molecule has 8 nitrogen and oxygen atoms in total. The quantitative estimate of drug-likeness (QED) is 0.0983. The maximum absolute atomic E-state index is 9.16. The van der Waals surface area contributed by atoms with E-state index in [1.54, 1.807) is 49.0 Å². The van der Waals surface area contributed by atoms with Crippen molar-refractivity contribution in [2.75, 3.05) is 14.2 Å². The summed E-state index contributed by atoms with van der Waals surface area (Å²) in [7, 11) is 3.23. The topological polar surface area (TPSA) is 99.5 Å². The van der Waals surface area contributed by atoms with Crippen LogP contribution in [0.25, 0.3) is 57.8 Å². The van der Waals surface area contributed by atoms with Crippen LogP contribution in [0.4, 0.5) is 10.0 Å². The van der Waals surface area contributed by atoms with Crippen LogP contribution < -0.4 is 9.47 Å². The zero-order chi connectivity index (χ0) is 31.6. The number of rotatable bonds is 6. The number of nitrogens with zero attached hydrogens (tertiary/aromatic N) is 6.